The molecule has 0 aromatic heterocycles. The Balaban J connectivity index is 0.000000403. The number of halogens is 10. The third-order valence-electron chi connectivity index (χ3n) is 1.98. The van der Waals surface area contributed by atoms with Gasteiger partial charge in [-0.3, -0.25) is 0 Å². The molecule has 0 unspecified atom stereocenters. The Labute approximate surface area is 195 Å². The van der Waals surface area contributed by atoms with E-state index in [4.69, 9.17) is 116 Å². The van der Waals surface area contributed by atoms with Crippen molar-refractivity contribution in [3.63, 3.8) is 0 Å². The minimum Gasteiger partial charge on any atom is -0.164 e. The molecule has 0 spiro atoms. The van der Waals surface area contributed by atoms with Crippen LogP contribution >= 0.6 is 116 Å². The second kappa shape index (κ2) is 11.0. The monoisotopic (exact) mass is 558 g/mol. The normalized spacial score (nSPS) is 9.83. The molecule has 0 heterocycles. The van der Waals surface area contributed by atoms with Crippen LogP contribution in [0.3, 0.4) is 0 Å². The minimum atomic E-state index is 0. The molecule has 0 aliphatic heterocycles. The van der Waals surface area contributed by atoms with Gasteiger partial charge in [-0.05, 0) is 30.1 Å². The third-order valence-corrected chi connectivity index (χ3v) is 6.16. The summed E-state index contributed by atoms with van der Waals surface area (Å²) in [5.74, 6) is 0. The Morgan fingerprint density at radius 1 is 0.348 bits per heavy atom. The molecule has 2 rings (SSSR count). The standard InChI is InChI=1S/2C6Cl5.Zn/c2*7-2-1-3(8)5(10)6(11)4(2)9;/q2*-1;+2. The number of hydrogen-bond acceptors (Lipinski definition) is 0. The quantitative estimate of drug-likeness (QED) is 0.130. The predicted octanol–water partition coefficient (Wildman–Crippen LogP) is 9.51. The van der Waals surface area contributed by atoms with E-state index in [1.54, 1.807) is 0 Å². The first-order valence-electron chi connectivity index (χ1n) is 4.89. The molecule has 0 aliphatic rings. The van der Waals surface area contributed by atoms with Gasteiger partial charge >= 0.3 is 19.5 Å². The largest absolute Gasteiger partial charge is 2.00 e. The Kier molecular flexibility index (Phi) is 11.9. The van der Waals surface area contributed by atoms with Crippen LogP contribution in [0.25, 0.3) is 0 Å². The molecule has 11 heteroatoms. The van der Waals surface area contributed by atoms with Gasteiger partial charge < -0.3 is 0 Å². The summed E-state index contributed by atoms with van der Waals surface area (Å²) in [6.45, 7) is 0. The van der Waals surface area contributed by atoms with Crippen molar-refractivity contribution in [1.29, 1.82) is 0 Å². The van der Waals surface area contributed by atoms with E-state index >= 15 is 0 Å². The Morgan fingerprint density at radius 3 is 0.696 bits per heavy atom. The molecule has 2 aromatic rings. The van der Waals surface area contributed by atoms with Crippen molar-refractivity contribution in [2.24, 2.45) is 0 Å². The summed E-state index contributed by atoms with van der Waals surface area (Å²) < 4.78 is 0. The molecule has 2 aromatic carbocycles. The molecule has 0 bridgehead atoms. The van der Waals surface area contributed by atoms with Crippen LogP contribution in [-0.2, 0) is 19.5 Å². The summed E-state index contributed by atoms with van der Waals surface area (Å²) in [5, 5.41) is 1.68. The van der Waals surface area contributed by atoms with Crippen molar-refractivity contribution >= 4 is 116 Å². The Morgan fingerprint density at radius 2 is 0.522 bits per heavy atom. The van der Waals surface area contributed by atoms with E-state index in [1.165, 1.54) is 0 Å². The fourth-order valence-electron chi connectivity index (χ4n) is 0.990. The smallest absolute Gasteiger partial charge is 0.164 e. The molecule has 0 atom stereocenters. The predicted molar refractivity (Wildman–Crippen MR) is 101 cm³/mol. The van der Waals surface area contributed by atoms with Crippen molar-refractivity contribution in [2.45, 2.75) is 0 Å². The minimum absolute atomic E-state index is 0. The first-order valence-corrected chi connectivity index (χ1v) is 8.67. The van der Waals surface area contributed by atoms with E-state index in [-0.39, 0.29) is 69.7 Å². The van der Waals surface area contributed by atoms with Gasteiger partial charge in [0.25, 0.3) is 0 Å². The van der Waals surface area contributed by atoms with E-state index in [2.05, 4.69) is 12.1 Å². The van der Waals surface area contributed by atoms with Gasteiger partial charge in [-0.15, -0.1) is 81.7 Å². The van der Waals surface area contributed by atoms with Crippen LogP contribution < -0.4 is 0 Å². The van der Waals surface area contributed by atoms with Gasteiger partial charge in [0.05, 0.1) is 0 Å². The summed E-state index contributed by atoms with van der Waals surface area (Å²) >= 11 is 56.0. The van der Waals surface area contributed by atoms with Crippen molar-refractivity contribution < 1.29 is 19.5 Å². The molecular weight excluding hydrogens is 564 g/mol. The van der Waals surface area contributed by atoms with Crippen molar-refractivity contribution in [1.82, 2.24) is 0 Å². The van der Waals surface area contributed by atoms with Crippen molar-refractivity contribution in [2.75, 3.05) is 0 Å². The van der Waals surface area contributed by atoms with Crippen LogP contribution in [-0.4, -0.2) is 0 Å². The number of hydrogen-bond donors (Lipinski definition) is 0. The van der Waals surface area contributed by atoms with E-state index in [0.29, 0.717) is 0 Å². The zero-order valence-corrected chi connectivity index (χ0v) is 21.0. The van der Waals surface area contributed by atoms with Crippen LogP contribution in [0, 0.1) is 12.1 Å². The molecule has 23 heavy (non-hydrogen) atoms. The maximum absolute atomic E-state index is 5.64. The van der Waals surface area contributed by atoms with Gasteiger partial charge in [0.1, 0.15) is 0 Å². The molecule has 0 fully saturated rings. The molecular formula is C12Cl10Zn. The SMILES string of the molecule is Clc1[c-]c(Cl)c(Cl)c(Cl)c1Cl.Clc1[c-]c(Cl)c(Cl)c(Cl)c1Cl.[Zn+2]. The van der Waals surface area contributed by atoms with Gasteiger partial charge in [-0.25, -0.2) is 0 Å². The van der Waals surface area contributed by atoms with E-state index in [9.17, 15) is 0 Å². The zero-order chi connectivity index (χ0) is 17.2. The summed E-state index contributed by atoms with van der Waals surface area (Å²) in [5.41, 5.74) is 0. The van der Waals surface area contributed by atoms with Crippen LogP contribution in [0.5, 0.6) is 0 Å². The summed E-state index contributed by atoms with van der Waals surface area (Å²) in [4.78, 5) is 0. The average molecular weight is 564 g/mol. The Bertz CT molecular complexity index is 602. The molecule has 0 aliphatic carbocycles. The van der Waals surface area contributed by atoms with E-state index in [0.717, 1.165) is 0 Å². The molecule has 0 amide bonds. The first-order chi connectivity index (χ1) is 10.1. The van der Waals surface area contributed by atoms with Crippen LogP contribution in [0.15, 0.2) is 0 Å². The van der Waals surface area contributed by atoms with Gasteiger partial charge in [-0.1, -0.05) is 20.1 Å². The van der Waals surface area contributed by atoms with E-state index in [1.807, 2.05) is 0 Å². The molecule has 0 saturated heterocycles. The first kappa shape index (κ1) is 25.0. The fraction of sp³-hybridized carbons (Fsp3) is 0. The molecule has 0 radical (unpaired) electrons. The second-order valence-corrected chi connectivity index (χ2v) is 7.17. The van der Waals surface area contributed by atoms with Gasteiger partial charge in [0.15, 0.2) is 0 Å². The molecule has 120 valence electrons. The fourth-order valence-corrected chi connectivity index (χ4v) is 3.08. The number of benzene rings is 2. The van der Waals surface area contributed by atoms with Crippen molar-refractivity contribution in [3.8, 4) is 0 Å². The molecule has 0 N–H and O–H groups in total. The number of rotatable bonds is 0. The summed E-state index contributed by atoms with van der Waals surface area (Å²) in [6, 6.07) is 5.06. The van der Waals surface area contributed by atoms with E-state index < -0.39 is 0 Å². The maximum Gasteiger partial charge on any atom is 2.00 e. The zero-order valence-electron chi connectivity index (χ0n) is 10.5. The maximum atomic E-state index is 5.64. The third kappa shape index (κ3) is 6.56. The Hall–Kier alpha value is 1.96. The van der Waals surface area contributed by atoms with Gasteiger partial charge in [0.2, 0.25) is 0 Å². The van der Waals surface area contributed by atoms with Crippen LogP contribution in [0.4, 0.5) is 0 Å². The topological polar surface area (TPSA) is 0 Å². The summed E-state index contributed by atoms with van der Waals surface area (Å²) in [7, 11) is 0. The van der Waals surface area contributed by atoms with Gasteiger partial charge in [-0.2, -0.15) is 46.4 Å². The van der Waals surface area contributed by atoms with Crippen LogP contribution in [0.2, 0.25) is 50.2 Å². The average Bonchev–Trinajstić information content (AvgIpc) is 2.47. The second-order valence-electron chi connectivity index (χ2n) is 3.39. The molecule has 0 nitrogen and oxygen atoms in total. The summed E-state index contributed by atoms with van der Waals surface area (Å²) in [6.07, 6.45) is 0. The molecule has 0 saturated carbocycles. The van der Waals surface area contributed by atoms with Gasteiger partial charge in [0, 0.05) is 0 Å². The van der Waals surface area contributed by atoms with Crippen molar-refractivity contribution in [3.05, 3.63) is 62.4 Å². The van der Waals surface area contributed by atoms with Crippen LogP contribution in [0.1, 0.15) is 0 Å².